The fraction of sp³-hybridized carbons (Fsp3) is 0.885. The summed E-state index contributed by atoms with van der Waals surface area (Å²) in [6.45, 7) is 21.1. The summed E-state index contributed by atoms with van der Waals surface area (Å²) in [4.78, 5) is 0. The molecule has 0 aromatic rings. The van der Waals surface area contributed by atoms with Crippen LogP contribution in [0.4, 0.5) is 0 Å². The Labute approximate surface area is 171 Å². The first kappa shape index (κ1) is 22.9. The maximum Gasteiger partial charge on any atom is 0.126 e. The molecule has 2 aliphatic rings. The Balaban J connectivity index is 2.16. The second kappa shape index (κ2) is 8.94. The molecule has 0 aromatic carbocycles. The zero-order chi connectivity index (χ0) is 20.3. The second-order valence-corrected chi connectivity index (χ2v) is 11.4. The third kappa shape index (κ3) is 5.35. The van der Waals surface area contributed by atoms with Gasteiger partial charge in [0.2, 0.25) is 0 Å². The quantitative estimate of drug-likeness (QED) is 0.311. The highest BCUT2D eigenvalue weighted by Crippen LogP contribution is 2.63. The monoisotopic (exact) mass is 369 g/mol. The molecule has 2 bridgehead atoms. The van der Waals surface area contributed by atoms with Gasteiger partial charge in [0.25, 0.3) is 0 Å². The van der Waals surface area contributed by atoms with Gasteiger partial charge < -0.3 is 0 Å². The van der Waals surface area contributed by atoms with Crippen LogP contribution in [0, 0.1) is 23.2 Å². The molecule has 0 amide bonds. The minimum atomic E-state index is 0.272. The van der Waals surface area contributed by atoms with Crippen molar-refractivity contribution in [3.8, 4) is 0 Å². The third-order valence-corrected chi connectivity index (χ3v) is 8.72. The average molecular weight is 369 g/mol. The molecule has 2 fully saturated rings. The highest BCUT2D eigenvalue weighted by molar-refractivity contribution is 6.45. The van der Waals surface area contributed by atoms with Gasteiger partial charge in [-0.15, -0.1) is 5.73 Å². The first-order chi connectivity index (χ1) is 12.5. The van der Waals surface area contributed by atoms with Crippen molar-refractivity contribution >= 4 is 7.28 Å². The highest BCUT2D eigenvalue weighted by Gasteiger charge is 2.51. The van der Waals surface area contributed by atoms with E-state index in [1.54, 1.807) is 0 Å². The molecule has 0 N–H and O–H groups in total. The van der Waals surface area contributed by atoms with Gasteiger partial charge in [0.15, 0.2) is 0 Å². The van der Waals surface area contributed by atoms with Crippen LogP contribution in [0.1, 0.15) is 113 Å². The van der Waals surface area contributed by atoms with Crippen LogP contribution < -0.4 is 0 Å². The molecule has 2 heterocycles. The van der Waals surface area contributed by atoms with Gasteiger partial charge in [-0.05, 0) is 54.9 Å². The molecule has 153 valence electrons. The molecule has 2 saturated heterocycles. The summed E-state index contributed by atoms with van der Waals surface area (Å²) in [5.74, 6) is 2.45. The van der Waals surface area contributed by atoms with E-state index >= 15 is 0 Å². The first-order valence-electron chi connectivity index (χ1n) is 11.8. The van der Waals surface area contributed by atoms with Crippen molar-refractivity contribution in [2.45, 2.75) is 123 Å². The van der Waals surface area contributed by atoms with E-state index in [2.05, 4.69) is 68.1 Å². The van der Waals surface area contributed by atoms with Crippen LogP contribution in [0.5, 0.6) is 0 Å². The predicted octanol–water partition coefficient (Wildman–Crippen LogP) is 8.62. The number of hydrogen-bond acceptors (Lipinski definition) is 0. The Hall–Kier alpha value is -0.415. The molecular formula is C26H46B. The lowest BCUT2D eigenvalue weighted by atomic mass is 9.40. The highest BCUT2D eigenvalue weighted by atomic mass is 14.5. The minimum Gasteiger partial charge on any atom is -0.129 e. The molecule has 1 radical (unpaired) electrons. The van der Waals surface area contributed by atoms with Gasteiger partial charge >= 0.3 is 0 Å². The summed E-state index contributed by atoms with van der Waals surface area (Å²) in [7, 11) is 2.82. The molecule has 1 heteroatoms. The Morgan fingerprint density at radius 3 is 2.52 bits per heavy atom. The third-order valence-electron chi connectivity index (χ3n) is 8.72. The number of hydrogen-bond donors (Lipinski definition) is 0. The van der Waals surface area contributed by atoms with Crippen LogP contribution >= 0.6 is 0 Å². The molecule has 0 spiro atoms. The van der Waals surface area contributed by atoms with Crippen molar-refractivity contribution < 1.29 is 0 Å². The van der Waals surface area contributed by atoms with Crippen molar-refractivity contribution in [2.75, 3.05) is 0 Å². The van der Waals surface area contributed by atoms with Gasteiger partial charge in [0.1, 0.15) is 7.28 Å². The zero-order valence-electron chi connectivity index (χ0n) is 19.6. The van der Waals surface area contributed by atoms with Gasteiger partial charge in [-0.2, -0.15) is 0 Å². The average Bonchev–Trinajstić information content (AvgIpc) is 2.86. The SMILES string of the molecule is C=C=C(C)C(C)(CCC(C)C)CCC1CCCCCC2(C)[B]C1(C)CC2C. The molecule has 2 aliphatic heterocycles. The van der Waals surface area contributed by atoms with Crippen LogP contribution in [-0.2, 0) is 0 Å². The summed E-state index contributed by atoms with van der Waals surface area (Å²) >= 11 is 0. The molecule has 5 unspecified atom stereocenters. The van der Waals surface area contributed by atoms with Crippen LogP contribution in [0.15, 0.2) is 17.9 Å². The maximum atomic E-state index is 3.99. The van der Waals surface area contributed by atoms with E-state index < -0.39 is 0 Å². The summed E-state index contributed by atoms with van der Waals surface area (Å²) < 4.78 is 0. The van der Waals surface area contributed by atoms with E-state index in [4.69, 9.17) is 0 Å². The Bertz CT molecular complexity index is 542. The molecule has 27 heavy (non-hydrogen) atoms. The largest absolute Gasteiger partial charge is 0.129 e. The lowest BCUT2D eigenvalue weighted by Gasteiger charge is -2.39. The van der Waals surface area contributed by atoms with Gasteiger partial charge in [-0.3, -0.25) is 0 Å². The summed E-state index contributed by atoms with van der Waals surface area (Å²) in [5, 5.41) is 0.901. The summed E-state index contributed by atoms with van der Waals surface area (Å²) in [6.07, 6.45) is 13.7. The van der Waals surface area contributed by atoms with Gasteiger partial charge in [-0.1, -0.05) is 104 Å². The Morgan fingerprint density at radius 2 is 1.89 bits per heavy atom. The van der Waals surface area contributed by atoms with Crippen molar-refractivity contribution in [3.63, 3.8) is 0 Å². The van der Waals surface area contributed by atoms with Crippen molar-refractivity contribution in [1.82, 2.24) is 0 Å². The van der Waals surface area contributed by atoms with Gasteiger partial charge in [-0.25, -0.2) is 0 Å². The molecule has 5 atom stereocenters. The van der Waals surface area contributed by atoms with E-state index in [-0.39, 0.29) is 5.41 Å². The second-order valence-electron chi connectivity index (χ2n) is 11.4. The normalized spacial score (nSPS) is 36.1. The first-order valence-corrected chi connectivity index (χ1v) is 11.8. The lowest BCUT2D eigenvalue weighted by Crippen LogP contribution is -2.28. The number of fused-ring (bicyclic) bond motifs is 2. The van der Waals surface area contributed by atoms with Crippen LogP contribution in [0.25, 0.3) is 0 Å². The van der Waals surface area contributed by atoms with Crippen molar-refractivity contribution in [2.24, 2.45) is 23.2 Å². The van der Waals surface area contributed by atoms with Gasteiger partial charge in [0.05, 0.1) is 0 Å². The van der Waals surface area contributed by atoms with Crippen LogP contribution in [0.2, 0.25) is 10.6 Å². The molecular weight excluding hydrogens is 323 g/mol. The van der Waals surface area contributed by atoms with Crippen LogP contribution in [0.3, 0.4) is 0 Å². The fourth-order valence-electron chi connectivity index (χ4n) is 6.14. The van der Waals surface area contributed by atoms with Crippen molar-refractivity contribution in [3.05, 3.63) is 17.9 Å². The molecule has 0 aromatic heterocycles. The number of rotatable bonds is 7. The van der Waals surface area contributed by atoms with E-state index in [9.17, 15) is 0 Å². The summed E-state index contributed by atoms with van der Waals surface area (Å²) in [6, 6.07) is 0. The Kier molecular flexibility index (Phi) is 7.57. The molecule has 0 nitrogen and oxygen atoms in total. The maximum absolute atomic E-state index is 3.99. The molecule has 0 saturated carbocycles. The van der Waals surface area contributed by atoms with E-state index in [1.807, 2.05) is 0 Å². The Morgan fingerprint density at radius 1 is 1.19 bits per heavy atom. The smallest absolute Gasteiger partial charge is 0.126 e. The van der Waals surface area contributed by atoms with Crippen molar-refractivity contribution in [1.29, 1.82) is 0 Å². The standard InChI is InChI=1S/C26H46B/c1-9-21(4)24(6,17-14-20(2)3)18-15-23-13-11-10-12-16-25(7)22(5)19-26(23,8)27-25/h20,22-23H,1,10-19H2,2-8H3. The lowest BCUT2D eigenvalue weighted by molar-refractivity contribution is 0.224. The molecule has 0 aliphatic carbocycles. The van der Waals surface area contributed by atoms with E-state index in [1.165, 1.54) is 69.8 Å². The fourth-order valence-corrected chi connectivity index (χ4v) is 6.14. The minimum absolute atomic E-state index is 0.272. The predicted molar refractivity (Wildman–Crippen MR) is 123 cm³/mol. The van der Waals surface area contributed by atoms with Crippen LogP contribution in [-0.4, -0.2) is 7.28 Å². The van der Waals surface area contributed by atoms with E-state index in [0.717, 1.165) is 17.8 Å². The topological polar surface area (TPSA) is 0 Å². The van der Waals surface area contributed by atoms with E-state index in [0.29, 0.717) is 10.6 Å². The van der Waals surface area contributed by atoms with Gasteiger partial charge in [0, 0.05) is 0 Å². The molecule has 2 rings (SSSR count). The number of allylic oxidation sites excluding steroid dienone is 1. The zero-order valence-corrected chi connectivity index (χ0v) is 19.6. The summed E-state index contributed by atoms with van der Waals surface area (Å²) in [5.41, 5.74) is 4.92.